The molecule has 2 atom stereocenters. The second-order valence-corrected chi connectivity index (χ2v) is 12.1. The minimum atomic E-state index is -3.54. The van der Waals surface area contributed by atoms with E-state index in [0.717, 1.165) is 15.4 Å². The molecule has 1 N–H and O–H groups in total. The van der Waals surface area contributed by atoms with Gasteiger partial charge in [-0.2, -0.15) is 0 Å². The van der Waals surface area contributed by atoms with Crippen LogP contribution in [-0.2, 0) is 26.1 Å². The van der Waals surface area contributed by atoms with E-state index in [4.69, 9.17) is 16.3 Å². The van der Waals surface area contributed by atoms with Crippen molar-refractivity contribution in [2.75, 3.05) is 13.1 Å². The number of aromatic nitrogens is 1. The van der Waals surface area contributed by atoms with Gasteiger partial charge in [0.05, 0.1) is 16.9 Å². The van der Waals surface area contributed by atoms with E-state index in [1.807, 2.05) is 38.1 Å². The molecule has 178 valence electrons. The van der Waals surface area contributed by atoms with Gasteiger partial charge in [-0.1, -0.05) is 39.7 Å². The molecule has 0 bridgehead atoms. The number of sulfonamides is 1. The molecule has 0 spiro atoms. The number of allylic oxidation sites excluding steroid dienone is 2. The molecule has 2 aliphatic rings. The van der Waals surface area contributed by atoms with Crippen molar-refractivity contribution >= 4 is 54.4 Å². The summed E-state index contributed by atoms with van der Waals surface area (Å²) >= 11 is 10.1. The molecule has 2 heterocycles. The van der Waals surface area contributed by atoms with Crippen molar-refractivity contribution in [1.29, 1.82) is 0 Å². The van der Waals surface area contributed by atoms with Gasteiger partial charge in [-0.25, -0.2) is 12.7 Å². The first-order valence-corrected chi connectivity index (χ1v) is 13.5. The number of carboxylic acid groups (broad SMARTS) is 1. The molecule has 2 unspecified atom stereocenters. The summed E-state index contributed by atoms with van der Waals surface area (Å²) in [6.45, 7) is 4.31. The van der Waals surface area contributed by atoms with Crippen LogP contribution < -0.4 is 0 Å². The number of rotatable bonds is 7. The molecule has 33 heavy (non-hydrogen) atoms. The summed E-state index contributed by atoms with van der Waals surface area (Å²) in [6, 6.07) is 5.63. The number of hydrogen-bond acceptors (Lipinski definition) is 4. The lowest BCUT2D eigenvalue weighted by Gasteiger charge is -2.24. The van der Waals surface area contributed by atoms with E-state index in [0.29, 0.717) is 42.4 Å². The Morgan fingerprint density at radius 2 is 2.12 bits per heavy atom. The van der Waals surface area contributed by atoms with Crippen molar-refractivity contribution in [3.05, 3.63) is 57.4 Å². The lowest BCUT2D eigenvalue weighted by Crippen LogP contribution is -2.36. The molecule has 0 amide bonds. The maximum atomic E-state index is 13.3. The summed E-state index contributed by atoms with van der Waals surface area (Å²) in [5.41, 5.74) is 1.52. The van der Waals surface area contributed by atoms with Gasteiger partial charge in [0, 0.05) is 34.4 Å². The average molecular weight is 558 g/mol. The van der Waals surface area contributed by atoms with Crippen LogP contribution in [0.5, 0.6) is 0 Å². The predicted molar refractivity (Wildman–Crippen MR) is 132 cm³/mol. The van der Waals surface area contributed by atoms with Crippen LogP contribution in [0.3, 0.4) is 0 Å². The van der Waals surface area contributed by atoms with Crippen LogP contribution in [0.15, 0.2) is 46.7 Å². The minimum Gasteiger partial charge on any atom is -0.491 e. The summed E-state index contributed by atoms with van der Waals surface area (Å²) < 4.78 is 36.2. The number of carbonyl (C=O) groups is 1. The minimum absolute atomic E-state index is 0.0297. The zero-order valence-electron chi connectivity index (χ0n) is 18.4. The Bertz CT molecular complexity index is 1250. The van der Waals surface area contributed by atoms with Crippen LogP contribution in [0, 0.1) is 0 Å². The lowest BCUT2D eigenvalue weighted by molar-refractivity contribution is -0.137. The molecule has 4 rings (SSSR count). The summed E-state index contributed by atoms with van der Waals surface area (Å²) in [6.07, 6.45) is 6.27. The molecule has 2 aromatic rings. The van der Waals surface area contributed by atoms with Crippen molar-refractivity contribution in [2.45, 2.75) is 50.5 Å². The zero-order chi connectivity index (χ0) is 23.9. The van der Waals surface area contributed by atoms with Gasteiger partial charge >= 0.3 is 5.97 Å². The number of halogens is 2. The fourth-order valence-corrected chi connectivity index (χ4v) is 7.05. The van der Waals surface area contributed by atoms with Crippen LogP contribution in [0.25, 0.3) is 10.9 Å². The van der Waals surface area contributed by atoms with Crippen molar-refractivity contribution in [3.8, 4) is 0 Å². The Kier molecular flexibility index (Phi) is 6.96. The van der Waals surface area contributed by atoms with Gasteiger partial charge in [0.1, 0.15) is 17.5 Å². The molecule has 0 saturated carbocycles. The van der Waals surface area contributed by atoms with Crippen molar-refractivity contribution < 1.29 is 23.1 Å². The highest BCUT2D eigenvalue weighted by molar-refractivity contribution is 9.10. The van der Waals surface area contributed by atoms with Crippen molar-refractivity contribution in [3.63, 3.8) is 0 Å². The van der Waals surface area contributed by atoms with Crippen LogP contribution in [0.1, 0.15) is 38.2 Å². The highest BCUT2D eigenvalue weighted by Gasteiger charge is 2.38. The zero-order valence-corrected chi connectivity index (χ0v) is 21.5. The number of ether oxygens (including phenoxy) is 1. The molecule has 1 aromatic heterocycles. The number of fused-ring (bicyclic) bond motifs is 1. The predicted octanol–water partition coefficient (Wildman–Crippen LogP) is 4.90. The molecule has 0 radical (unpaired) electrons. The van der Waals surface area contributed by atoms with Gasteiger partial charge in [0.25, 0.3) is 0 Å². The monoisotopic (exact) mass is 556 g/mol. The fourth-order valence-electron chi connectivity index (χ4n) is 4.54. The molecular formula is C23H26BrClN2O5S. The standard InChI is InChI=1S/C23H26BrClN2O5S/c1-14(2)32-17-4-6-18(7-5-17)33(30,31)26-10-9-15(12-26)22-19-8-3-16(24)11-20(19)27(23(22)25)13-21(28)29/h3-6,8,11,14-15,18H,7,9-10,12-13H2,1-2H3,(H,28,29). The Morgan fingerprint density at radius 1 is 1.36 bits per heavy atom. The van der Waals surface area contributed by atoms with E-state index in [2.05, 4.69) is 15.9 Å². The van der Waals surface area contributed by atoms with Gasteiger partial charge < -0.3 is 14.4 Å². The molecule has 1 fully saturated rings. The summed E-state index contributed by atoms with van der Waals surface area (Å²) in [4.78, 5) is 11.4. The second-order valence-electron chi connectivity index (χ2n) is 8.64. The first kappa shape index (κ1) is 24.3. The Labute approximate surface area is 206 Å². The fraction of sp³-hybridized carbons (Fsp3) is 0.435. The van der Waals surface area contributed by atoms with Crippen LogP contribution in [-0.4, -0.2) is 52.8 Å². The van der Waals surface area contributed by atoms with E-state index < -0.39 is 21.2 Å². The number of carboxylic acids is 1. The van der Waals surface area contributed by atoms with Gasteiger partial charge in [-0.3, -0.25) is 4.79 Å². The average Bonchev–Trinajstić information content (AvgIpc) is 3.32. The Hall–Kier alpha value is -1.81. The molecule has 10 heteroatoms. The quantitative estimate of drug-likeness (QED) is 0.523. The topological polar surface area (TPSA) is 88.8 Å². The largest absolute Gasteiger partial charge is 0.491 e. The summed E-state index contributed by atoms with van der Waals surface area (Å²) in [7, 11) is -3.54. The molecule has 1 saturated heterocycles. The van der Waals surface area contributed by atoms with Crippen molar-refractivity contribution in [2.24, 2.45) is 0 Å². The molecule has 7 nitrogen and oxygen atoms in total. The van der Waals surface area contributed by atoms with Gasteiger partial charge in [-0.05, 0) is 51.0 Å². The normalized spacial score (nSPS) is 21.7. The van der Waals surface area contributed by atoms with Crippen molar-refractivity contribution in [1.82, 2.24) is 8.87 Å². The molecule has 1 aromatic carbocycles. The number of hydrogen-bond donors (Lipinski definition) is 1. The van der Waals surface area contributed by atoms with E-state index in [1.165, 1.54) is 4.31 Å². The maximum Gasteiger partial charge on any atom is 0.323 e. The third-order valence-electron chi connectivity index (χ3n) is 5.99. The molecule has 1 aliphatic heterocycles. The highest BCUT2D eigenvalue weighted by atomic mass is 79.9. The lowest BCUT2D eigenvalue weighted by atomic mass is 9.98. The SMILES string of the molecule is CC(C)OC1=CCC(S(=O)(=O)N2CCC(c3c(Cl)n(CC(=O)O)c4cc(Br)ccc34)C2)C=C1. The smallest absolute Gasteiger partial charge is 0.323 e. The van der Waals surface area contributed by atoms with Crippen LogP contribution in [0.2, 0.25) is 5.15 Å². The summed E-state index contributed by atoms with van der Waals surface area (Å²) in [5, 5.41) is 9.93. The summed E-state index contributed by atoms with van der Waals surface area (Å²) in [5.74, 6) is -0.414. The van der Waals surface area contributed by atoms with Gasteiger partial charge in [0.2, 0.25) is 10.0 Å². The van der Waals surface area contributed by atoms with Gasteiger partial charge in [-0.15, -0.1) is 0 Å². The van der Waals surface area contributed by atoms with E-state index in [-0.39, 0.29) is 18.6 Å². The van der Waals surface area contributed by atoms with Crippen LogP contribution >= 0.6 is 27.5 Å². The van der Waals surface area contributed by atoms with E-state index in [9.17, 15) is 18.3 Å². The number of aliphatic carboxylic acids is 1. The van der Waals surface area contributed by atoms with E-state index >= 15 is 0 Å². The highest BCUT2D eigenvalue weighted by Crippen LogP contribution is 2.41. The molecular weight excluding hydrogens is 532 g/mol. The van der Waals surface area contributed by atoms with Gasteiger partial charge in [0.15, 0.2) is 0 Å². The number of nitrogens with zero attached hydrogens (tertiary/aromatic N) is 2. The van der Waals surface area contributed by atoms with E-state index in [1.54, 1.807) is 16.7 Å². The second kappa shape index (κ2) is 9.44. The maximum absolute atomic E-state index is 13.3. The first-order valence-electron chi connectivity index (χ1n) is 10.8. The number of benzene rings is 1. The third-order valence-corrected chi connectivity index (χ3v) is 9.06. The van der Waals surface area contributed by atoms with Crippen LogP contribution in [0.4, 0.5) is 0 Å². The Morgan fingerprint density at radius 3 is 2.76 bits per heavy atom. The third kappa shape index (κ3) is 4.87. The molecule has 1 aliphatic carbocycles. The first-order chi connectivity index (χ1) is 15.6. The Balaban J connectivity index is 1.58.